The van der Waals surface area contributed by atoms with Gasteiger partial charge in [-0.15, -0.1) is 11.3 Å². The minimum atomic E-state index is -0.0758. The zero-order valence-corrected chi connectivity index (χ0v) is 15.2. The maximum absolute atomic E-state index is 12.2. The van der Waals surface area contributed by atoms with Crippen LogP contribution in [0.2, 0.25) is 0 Å². The number of aromatic nitrogens is 1. The summed E-state index contributed by atoms with van der Waals surface area (Å²) in [5.41, 5.74) is 2.39. The molecule has 1 fully saturated rings. The summed E-state index contributed by atoms with van der Waals surface area (Å²) in [5, 5.41) is 6.28. The molecule has 24 heavy (non-hydrogen) atoms. The van der Waals surface area contributed by atoms with Crippen molar-refractivity contribution < 1.29 is 4.79 Å². The molecule has 1 saturated heterocycles. The second kappa shape index (κ2) is 7.34. The lowest BCUT2D eigenvalue weighted by atomic mass is 9.71. The molecule has 5 heteroatoms. The van der Waals surface area contributed by atoms with Crippen molar-refractivity contribution in [2.75, 3.05) is 19.6 Å². The fraction of sp³-hybridized carbons (Fsp3) is 0.474. The summed E-state index contributed by atoms with van der Waals surface area (Å²) < 4.78 is 0. The van der Waals surface area contributed by atoms with E-state index in [-0.39, 0.29) is 11.4 Å². The van der Waals surface area contributed by atoms with Crippen molar-refractivity contribution in [3.63, 3.8) is 0 Å². The van der Waals surface area contributed by atoms with Crippen molar-refractivity contribution in [3.8, 4) is 0 Å². The van der Waals surface area contributed by atoms with Gasteiger partial charge in [0, 0.05) is 30.4 Å². The molecule has 1 aromatic carbocycles. The van der Waals surface area contributed by atoms with E-state index in [1.54, 1.807) is 11.3 Å². The molecule has 1 aromatic heterocycles. The molecular formula is C19H25N3OS. The Hall–Kier alpha value is -1.88. The topological polar surface area (TPSA) is 45.2 Å². The third kappa shape index (κ3) is 3.31. The predicted molar refractivity (Wildman–Crippen MR) is 98.6 cm³/mol. The third-order valence-corrected chi connectivity index (χ3v) is 5.64. The Kier molecular flexibility index (Phi) is 5.19. The Morgan fingerprint density at radius 1 is 1.29 bits per heavy atom. The maximum atomic E-state index is 12.2. The minimum Gasteiger partial charge on any atom is -0.338 e. The van der Waals surface area contributed by atoms with Crippen molar-refractivity contribution in [1.82, 2.24) is 15.2 Å². The first-order chi connectivity index (χ1) is 11.7. The van der Waals surface area contributed by atoms with Crippen molar-refractivity contribution >= 4 is 17.4 Å². The first kappa shape index (κ1) is 17.0. The van der Waals surface area contributed by atoms with Crippen LogP contribution in [-0.2, 0) is 5.41 Å². The molecule has 1 N–H and O–H groups in total. The normalized spacial score (nSPS) is 16.8. The Bertz CT molecular complexity index is 675. The highest BCUT2D eigenvalue weighted by Gasteiger charge is 2.40. The van der Waals surface area contributed by atoms with Gasteiger partial charge in [-0.3, -0.25) is 0 Å². The number of thiazole rings is 1. The smallest absolute Gasteiger partial charge is 0.317 e. The Labute approximate surface area is 147 Å². The van der Waals surface area contributed by atoms with Gasteiger partial charge < -0.3 is 10.2 Å². The summed E-state index contributed by atoms with van der Waals surface area (Å²) in [6.45, 7) is 6.40. The number of piperidine rings is 1. The molecule has 0 radical (unpaired) electrons. The number of carbonyl (C=O) groups is 1. The van der Waals surface area contributed by atoms with E-state index in [1.807, 2.05) is 4.90 Å². The van der Waals surface area contributed by atoms with E-state index < -0.39 is 0 Å². The standard InChI is InChI=1S/C19H25N3OS/c1-3-11-20-18(23)22-12-9-19(10-13-22,16-7-5-4-6-8-16)17-14-24-15(2)21-17/h4-8,14H,3,9-13H2,1-2H3,(H,20,23). The fourth-order valence-corrected chi connectivity index (χ4v) is 4.18. The van der Waals surface area contributed by atoms with E-state index in [1.165, 1.54) is 5.56 Å². The molecule has 1 aliphatic heterocycles. The van der Waals surface area contributed by atoms with Gasteiger partial charge in [0.05, 0.1) is 10.7 Å². The van der Waals surface area contributed by atoms with Gasteiger partial charge in [-0.05, 0) is 31.7 Å². The zero-order valence-electron chi connectivity index (χ0n) is 14.4. The summed E-state index contributed by atoms with van der Waals surface area (Å²) in [6.07, 6.45) is 2.80. The number of benzene rings is 1. The van der Waals surface area contributed by atoms with Crippen LogP contribution in [0.15, 0.2) is 35.7 Å². The molecule has 2 aromatic rings. The molecule has 0 atom stereocenters. The van der Waals surface area contributed by atoms with Crippen LogP contribution < -0.4 is 5.32 Å². The van der Waals surface area contributed by atoms with Crippen LogP contribution in [0, 0.1) is 6.92 Å². The molecule has 3 rings (SSSR count). The lowest BCUT2D eigenvalue weighted by Crippen LogP contribution is -2.49. The lowest BCUT2D eigenvalue weighted by molar-refractivity contribution is 0.167. The molecule has 1 aliphatic rings. The second-order valence-corrected chi connectivity index (χ2v) is 7.48. The van der Waals surface area contributed by atoms with E-state index in [2.05, 4.69) is 54.9 Å². The summed E-state index contributed by atoms with van der Waals surface area (Å²) in [4.78, 5) is 19.0. The average Bonchev–Trinajstić information content (AvgIpc) is 3.07. The number of urea groups is 1. The Balaban J connectivity index is 1.83. The van der Waals surface area contributed by atoms with Gasteiger partial charge in [0.2, 0.25) is 0 Å². The molecule has 2 amide bonds. The van der Waals surface area contributed by atoms with Crippen LogP contribution in [0.3, 0.4) is 0 Å². The average molecular weight is 343 g/mol. The molecule has 0 spiro atoms. The van der Waals surface area contributed by atoms with Crippen molar-refractivity contribution in [3.05, 3.63) is 52.0 Å². The molecule has 0 bridgehead atoms. The molecule has 0 unspecified atom stereocenters. The monoisotopic (exact) mass is 343 g/mol. The Morgan fingerprint density at radius 2 is 2.00 bits per heavy atom. The molecule has 128 valence electrons. The highest BCUT2D eigenvalue weighted by molar-refractivity contribution is 7.09. The maximum Gasteiger partial charge on any atom is 0.317 e. The van der Waals surface area contributed by atoms with Gasteiger partial charge >= 0.3 is 6.03 Å². The molecular weight excluding hydrogens is 318 g/mol. The SMILES string of the molecule is CCCNC(=O)N1CCC(c2ccccc2)(c2csc(C)n2)CC1. The highest BCUT2D eigenvalue weighted by Crippen LogP contribution is 2.41. The van der Waals surface area contributed by atoms with E-state index in [0.717, 1.165) is 49.6 Å². The number of hydrogen-bond donors (Lipinski definition) is 1. The third-order valence-electron chi connectivity index (χ3n) is 4.87. The number of nitrogens with zero attached hydrogens (tertiary/aromatic N) is 2. The summed E-state index contributed by atoms with van der Waals surface area (Å²) in [7, 11) is 0. The number of rotatable bonds is 4. The van der Waals surface area contributed by atoms with Gasteiger partial charge in [-0.25, -0.2) is 9.78 Å². The second-order valence-electron chi connectivity index (χ2n) is 6.42. The van der Waals surface area contributed by atoms with Gasteiger partial charge in [0.25, 0.3) is 0 Å². The molecule has 4 nitrogen and oxygen atoms in total. The summed E-state index contributed by atoms with van der Waals surface area (Å²) >= 11 is 1.71. The van der Waals surface area contributed by atoms with E-state index in [9.17, 15) is 4.79 Å². The van der Waals surface area contributed by atoms with Gasteiger partial charge in [-0.2, -0.15) is 0 Å². The summed E-state index contributed by atoms with van der Waals surface area (Å²) in [5.74, 6) is 0. The molecule has 0 saturated carbocycles. The van der Waals surface area contributed by atoms with Crippen LogP contribution in [0.4, 0.5) is 4.79 Å². The van der Waals surface area contributed by atoms with Crippen molar-refractivity contribution in [2.45, 2.75) is 38.5 Å². The quantitative estimate of drug-likeness (QED) is 0.913. The predicted octanol–water partition coefficient (Wildman–Crippen LogP) is 3.95. The van der Waals surface area contributed by atoms with Crippen LogP contribution in [-0.4, -0.2) is 35.5 Å². The molecule has 0 aliphatic carbocycles. The fourth-order valence-electron chi connectivity index (χ4n) is 3.47. The van der Waals surface area contributed by atoms with E-state index in [0.29, 0.717) is 0 Å². The minimum absolute atomic E-state index is 0.0629. The van der Waals surface area contributed by atoms with Crippen LogP contribution in [0.1, 0.15) is 42.5 Å². The van der Waals surface area contributed by atoms with Gasteiger partial charge in [-0.1, -0.05) is 37.3 Å². The van der Waals surface area contributed by atoms with Crippen LogP contribution >= 0.6 is 11.3 Å². The van der Waals surface area contributed by atoms with E-state index in [4.69, 9.17) is 4.98 Å². The van der Waals surface area contributed by atoms with E-state index >= 15 is 0 Å². The van der Waals surface area contributed by atoms with Crippen molar-refractivity contribution in [1.29, 1.82) is 0 Å². The number of likely N-dealkylation sites (tertiary alicyclic amines) is 1. The number of aryl methyl sites for hydroxylation is 1. The number of hydrogen-bond acceptors (Lipinski definition) is 3. The van der Waals surface area contributed by atoms with Gasteiger partial charge in [0.1, 0.15) is 0 Å². The molecule has 2 heterocycles. The lowest BCUT2D eigenvalue weighted by Gasteiger charge is -2.41. The van der Waals surface area contributed by atoms with Crippen LogP contribution in [0.25, 0.3) is 0 Å². The van der Waals surface area contributed by atoms with Gasteiger partial charge in [0.15, 0.2) is 0 Å². The van der Waals surface area contributed by atoms with Crippen LogP contribution in [0.5, 0.6) is 0 Å². The summed E-state index contributed by atoms with van der Waals surface area (Å²) in [6, 6.07) is 10.7. The highest BCUT2D eigenvalue weighted by atomic mass is 32.1. The first-order valence-corrected chi connectivity index (χ1v) is 9.54. The first-order valence-electron chi connectivity index (χ1n) is 8.66. The van der Waals surface area contributed by atoms with Crippen molar-refractivity contribution in [2.24, 2.45) is 0 Å². The number of amides is 2. The number of carbonyl (C=O) groups excluding carboxylic acids is 1. The Morgan fingerprint density at radius 3 is 2.58 bits per heavy atom. The number of nitrogens with one attached hydrogen (secondary N) is 1. The largest absolute Gasteiger partial charge is 0.338 e. The zero-order chi connectivity index (χ0) is 17.0.